The summed E-state index contributed by atoms with van der Waals surface area (Å²) in [5.74, 6) is 0.467. The van der Waals surface area contributed by atoms with Crippen LogP contribution in [0.4, 0.5) is 0 Å². The molecule has 0 spiro atoms. The first kappa shape index (κ1) is 22.3. The zero-order valence-corrected chi connectivity index (χ0v) is 19.7. The Morgan fingerprint density at radius 1 is 1.00 bits per heavy atom. The Hall–Kier alpha value is -4.52. The van der Waals surface area contributed by atoms with Crippen molar-refractivity contribution in [3.8, 4) is 11.3 Å². The van der Waals surface area contributed by atoms with Crippen molar-refractivity contribution >= 4 is 17.6 Å². The maximum Gasteiger partial charge on any atom is 0.244 e. The highest BCUT2D eigenvalue weighted by atomic mass is 16.1. The van der Waals surface area contributed by atoms with Gasteiger partial charge in [-0.15, -0.1) is 10.2 Å². The molecule has 0 aliphatic carbocycles. The van der Waals surface area contributed by atoms with E-state index in [9.17, 15) is 4.79 Å². The summed E-state index contributed by atoms with van der Waals surface area (Å²) < 4.78 is 3.78. The molecule has 0 radical (unpaired) electrons. The molecule has 0 aliphatic heterocycles. The number of benzene rings is 2. The molecule has 7 nitrogen and oxygen atoms in total. The van der Waals surface area contributed by atoms with Gasteiger partial charge in [0.2, 0.25) is 5.91 Å². The third-order valence-corrected chi connectivity index (χ3v) is 5.80. The number of pyridine rings is 1. The molecule has 1 amide bonds. The third kappa shape index (κ3) is 5.04. The Labute approximate surface area is 203 Å². The average molecular weight is 463 g/mol. The molecule has 7 heteroatoms. The number of nitrogens with one attached hydrogen (secondary N) is 1. The van der Waals surface area contributed by atoms with E-state index in [1.54, 1.807) is 6.08 Å². The Bertz CT molecular complexity index is 1480. The molecule has 0 fully saturated rings. The summed E-state index contributed by atoms with van der Waals surface area (Å²) in [4.78, 5) is 12.8. The molecule has 1 unspecified atom stereocenters. The van der Waals surface area contributed by atoms with Crippen LogP contribution in [0, 0.1) is 6.92 Å². The Morgan fingerprint density at radius 3 is 2.57 bits per heavy atom. The predicted molar refractivity (Wildman–Crippen MR) is 137 cm³/mol. The number of nitrogens with zero attached hydrogens (tertiary/aromatic N) is 5. The number of hydrogen-bond donors (Lipinski definition) is 1. The maximum absolute atomic E-state index is 12.8. The van der Waals surface area contributed by atoms with Crippen LogP contribution in [0.1, 0.15) is 35.5 Å². The van der Waals surface area contributed by atoms with E-state index in [1.807, 2.05) is 70.9 Å². The van der Waals surface area contributed by atoms with Crippen molar-refractivity contribution in [2.75, 3.05) is 0 Å². The van der Waals surface area contributed by atoms with Gasteiger partial charge in [-0.3, -0.25) is 13.9 Å². The molecule has 35 heavy (non-hydrogen) atoms. The molecule has 3 heterocycles. The molecule has 1 N–H and O–H groups in total. The van der Waals surface area contributed by atoms with Crippen LogP contribution in [0.15, 0.2) is 91.3 Å². The number of carbonyl (C=O) groups excluding carboxylic acids is 1. The summed E-state index contributed by atoms with van der Waals surface area (Å²) >= 11 is 0. The molecular formula is C28H26N6O. The van der Waals surface area contributed by atoms with Crippen molar-refractivity contribution in [2.45, 2.75) is 26.4 Å². The van der Waals surface area contributed by atoms with E-state index in [1.165, 1.54) is 5.56 Å². The fourth-order valence-corrected chi connectivity index (χ4v) is 3.99. The highest BCUT2D eigenvalue weighted by molar-refractivity contribution is 5.93. The highest BCUT2D eigenvalue weighted by Crippen LogP contribution is 2.24. The SMILES string of the molecule is Cc1ccc(-c2nn(Cc3ccccc3)cc2/C=C/C(=O)NC(C)c2nnc3ccccn23)cc1. The van der Waals surface area contributed by atoms with Gasteiger partial charge >= 0.3 is 0 Å². The van der Waals surface area contributed by atoms with Crippen molar-refractivity contribution in [3.05, 3.63) is 114 Å². The van der Waals surface area contributed by atoms with Crippen LogP contribution >= 0.6 is 0 Å². The van der Waals surface area contributed by atoms with E-state index in [2.05, 4.69) is 58.8 Å². The number of aryl methyl sites for hydroxylation is 1. The smallest absolute Gasteiger partial charge is 0.244 e. The molecule has 0 saturated carbocycles. The molecule has 2 aromatic carbocycles. The number of rotatable bonds is 7. The lowest BCUT2D eigenvalue weighted by Gasteiger charge is -2.10. The summed E-state index contributed by atoms with van der Waals surface area (Å²) in [5, 5.41) is 16.2. The molecule has 1 atom stereocenters. The summed E-state index contributed by atoms with van der Waals surface area (Å²) in [6.45, 7) is 4.60. The Balaban J connectivity index is 1.38. The molecule has 0 bridgehead atoms. The van der Waals surface area contributed by atoms with Crippen LogP contribution in [0.25, 0.3) is 23.0 Å². The third-order valence-electron chi connectivity index (χ3n) is 5.80. The van der Waals surface area contributed by atoms with Gasteiger partial charge in [0.1, 0.15) is 0 Å². The van der Waals surface area contributed by atoms with Gasteiger partial charge in [0.15, 0.2) is 11.5 Å². The highest BCUT2D eigenvalue weighted by Gasteiger charge is 2.15. The van der Waals surface area contributed by atoms with Gasteiger partial charge in [0.05, 0.1) is 18.3 Å². The summed E-state index contributed by atoms with van der Waals surface area (Å²) in [5.41, 5.74) is 5.80. The fraction of sp³-hybridized carbons (Fsp3) is 0.143. The minimum atomic E-state index is -0.304. The van der Waals surface area contributed by atoms with E-state index in [0.29, 0.717) is 12.4 Å². The number of fused-ring (bicyclic) bond motifs is 1. The van der Waals surface area contributed by atoms with Gasteiger partial charge in [-0.25, -0.2) is 0 Å². The van der Waals surface area contributed by atoms with Crippen LogP contribution in [0.3, 0.4) is 0 Å². The van der Waals surface area contributed by atoms with Crippen molar-refractivity contribution in [1.29, 1.82) is 0 Å². The summed E-state index contributed by atoms with van der Waals surface area (Å²) in [7, 11) is 0. The number of amides is 1. The van der Waals surface area contributed by atoms with E-state index < -0.39 is 0 Å². The molecular weight excluding hydrogens is 436 g/mol. The zero-order valence-electron chi connectivity index (χ0n) is 19.7. The Morgan fingerprint density at radius 2 is 1.77 bits per heavy atom. The van der Waals surface area contributed by atoms with Gasteiger partial charge in [-0.05, 0) is 37.6 Å². The molecule has 5 rings (SSSR count). The standard InChI is InChI=1S/C28H26N6O/c1-20-11-13-23(14-12-20)27-24(19-33(32-27)18-22-8-4-3-5-9-22)15-16-26(35)29-21(2)28-31-30-25-10-6-7-17-34(25)28/h3-17,19,21H,18H2,1-2H3,(H,29,35)/b16-15+. The minimum Gasteiger partial charge on any atom is -0.343 e. The first-order chi connectivity index (χ1) is 17.1. The van der Waals surface area contributed by atoms with Crippen molar-refractivity contribution in [1.82, 2.24) is 29.7 Å². The molecule has 3 aromatic heterocycles. The topological polar surface area (TPSA) is 77.1 Å². The van der Waals surface area contributed by atoms with Gasteiger partial charge in [-0.1, -0.05) is 66.2 Å². The Kier molecular flexibility index (Phi) is 6.22. The van der Waals surface area contributed by atoms with Crippen LogP contribution in [0.5, 0.6) is 0 Å². The van der Waals surface area contributed by atoms with Crippen LogP contribution < -0.4 is 5.32 Å². The lowest BCUT2D eigenvalue weighted by molar-refractivity contribution is -0.117. The fourth-order valence-electron chi connectivity index (χ4n) is 3.99. The molecule has 5 aromatic rings. The lowest BCUT2D eigenvalue weighted by Crippen LogP contribution is -2.26. The molecule has 0 aliphatic rings. The lowest BCUT2D eigenvalue weighted by atomic mass is 10.1. The monoisotopic (exact) mass is 462 g/mol. The van der Waals surface area contributed by atoms with E-state index in [0.717, 1.165) is 28.0 Å². The average Bonchev–Trinajstić information content (AvgIpc) is 3.48. The van der Waals surface area contributed by atoms with E-state index >= 15 is 0 Å². The van der Waals surface area contributed by atoms with Gasteiger partial charge in [-0.2, -0.15) is 5.10 Å². The second-order valence-corrected chi connectivity index (χ2v) is 8.53. The number of aromatic nitrogens is 5. The quantitative estimate of drug-likeness (QED) is 0.351. The van der Waals surface area contributed by atoms with E-state index in [-0.39, 0.29) is 11.9 Å². The van der Waals surface area contributed by atoms with Crippen LogP contribution in [0.2, 0.25) is 0 Å². The second kappa shape index (κ2) is 9.77. The number of carbonyl (C=O) groups is 1. The first-order valence-corrected chi connectivity index (χ1v) is 11.5. The second-order valence-electron chi connectivity index (χ2n) is 8.53. The van der Waals surface area contributed by atoms with Gasteiger partial charge in [0.25, 0.3) is 0 Å². The summed E-state index contributed by atoms with van der Waals surface area (Å²) in [6, 6.07) is 23.8. The van der Waals surface area contributed by atoms with E-state index in [4.69, 9.17) is 5.10 Å². The summed E-state index contributed by atoms with van der Waals surface area (Å²) in [6.07, 6.45) is 7.22. The minimum absolute atomic E-state index is 0.212. The van der Waals surface area contributed by atoms with Crippen molar-refractivity contribution in [2.24, 2.45) is 0 Å². The predicted octanol–water partition coefficient (Wildman–Crippen LogP) is 4.84. The molecule has 174 valence electrons. The first-order valence-electron chi connectivity index (χ1n) is 11.5. The van der Waals surface area contributed by atoms with Crippen molar-refractivity contribution in [3.63, 3.8) is 0 Å². The van der Waals surface area contributed by atoms with Gasteiger partial charge < -0.3 is 5.32 Å². The normalized spacial score (nSPS) is 12.3. The van der Waals surface area contributed by atoms with Crippen LogP contribution in [-0.4, -0.2) is 30.3 Å². The van der Waals surface area contributed by atoms with Gasteiger partial charge in [0, 0.05) is 29.6 Å². The zero-order chi connectivity index (χ0) is 24.2. The van der Waals surface area contributed by atoms with Crippen molar-refractivity contribution < 1.29 is 4.79 Å². The molecule has 0 saturated heterocycles. The maximum atomic E-state index is 12.8. The largest absolute Gasteiger partial charge is 0.343 e. The number of hydrogen-bond acceptors (Lipinski definition) is 4. The van der Waals surface area contributed by atoms with Crippen LogP contribution in [-0.2, 0) is 11.3 Å².